The molecule has 0 spiro atoms. The van der Waals surface area contributed by atoms with Crippen molar-refractivity contribution in [3.8, 4) is 0 Å². The summed E-state index contributed by atoms with van der Waals surface area (Å²) in [5.74, 6) is -0.292. The number of thioether (sulfide) groups is 1. The van der Waals surface area contributed by atoms with Gasteiger partial charge in [0.1, 0.15) is 6.54 Å². The summed E-state index contributed by atoms with van der Waals surface area (Å²) in [6.07, 6.45) is 2.43. The van der Waals surface area contributed by atoms with Gasteiger partial charge in [-0.1, -0.05) is 11.8 Å². The highest BCUT2D eigenvalue weighted by atomic mass is 32.2. The van der Waals surface area contributed by atoms with E-state index in [0.29, 0.717) is 18.0 Å². The monoisotopic (exact) mass is 363 g/mol. The predicted octanol–water partition coefficient (Wildman–Crippen LogP) is 1.94. The average molecular weight is 363 g/mol. The van der Waals surface area contributed by atoms with Gasteiger partial charge in [-0.3, -0.25) is 14.4 Å². The largest absolute Gasteiger partial charge is 0.454 e. The number of rotatable bonds is 6. The molecule has 8 heteroatoms. The Morgan fingerprint density at radius 3 is 2.48 bits per heavy atom. The van der Waals surface area contributed by atoms with Crippen molar-refractivity contribution in [3.63, 3.8) is 0 Å². The highest BCUT2D eigenvalue weighted by Gasteiger charge is 2.24. The first-order valence-electron chi connectivity index (χ1n) is 8.34. The average Bonchev–Trinajstić information content (AvgIpc) is 3.26. The molecule has 1 N–H and O–H groups in total. The Hall–Kier alpha value is -2.22. The maximum atomic E-state index is 11.9. The van der Waals surface area contributed by atoms with Crippen molar-refractivity contribution in [1.29, 1.82) is 0 Å². The fraction of sp³-hybridized carbons (Fsp3) is 0.471. The summed E-state index contributed by atoms with van der Waals surface area (Å²) in [6.45, 7) is 2.21. The summed E-state index contributed by atoms with van der Waals surface area (Å²) in [7, 11) is 0. The first-order valence-corrected chi connectivity index (χ1v) is 9.32. The van der Waals surface area contributed by atoms with Gasteiger partial charge in [0.05, 0.1) is 0 Å². The Balaban J connectivity index is 1.41. The molecule has 134 valence electrons. The maximum Gasteiger partial charge on any atom is 0.326 e. The number of carbonyl (C=O) groups is 3. The van der Waals surface area contributed by atoms with Crippen molar-refractivity contribution in [2.24, 2.45) is 0 Å². The lowest BCUT2D eigenvalue weighted by atomic mass is 10.2. The standard InChI is InChI=1S/C17H21N3O4S/c21-15(12-24-16(22)11-20-9-10-25-17(20)23)18-13-3-5-14(6-4-13)19-7-1-2-8-19/h3-6H,1-2,7-12H2,(H,18,21). The zero-order chi connectivity index (χ0) is 17.6. The van der Waals surface area contributed by atoms with Gasteiger partial charge in [-0.15, -0.1) is 0 Å². The van der Waals surface area contributed by atoms with Gasteiger partial charge in [-0.25, -0.2) is 0 Å². The van der Waals surface area contributed by atoms with Gasteiger partial charge in [0.25, 0.3) is 11.1 Å². The summed E-state index contributed by atoms with van der Waals surface area (Å²) in [5, 5.41) is 2.57. The second-order valence-corrected chi connectivity index (χ2v) is 7.03. The minimum Gasteiger partial charge on any atom is -0.454 e. The Bertz CT molecular complexity index is 644. The van der Waals surface area contributed by atoms with Crippen molar-refractivity contribution < 1.29 is 19.1 Å². The van der Waals surface area contributed by atoms with Crippen LogP contribution in [0.4, 0.5) is 16.2 Å². The summed E-state index contributed by atoms with van der Waals surface area (Å²) in [6, 6.07) is 7.63. The second-order valence-electron chi connectivity index (χ2n) is 5.99. The van der Waals surface area contributed by atoms with E-state index < -0.39 is 11.9 Å². The van der Waals surface area contributed by atoms with Gasteiger partial charge in [-0.2, -0.15) is 0 Å². The summed E-state index contributed by atoms with van der Waals surface area (Å²) < 4.78 is 4.93. The van der Waals surface area contributed by atoms with Crippen LogP contribution in [0.5, 0.6) is 0 Å². The molecule has 1 aromatic carbocycles. The zero-order valence-electron chi connectivity index (χ0n) is 13.9. The minimum atomic E-state index is -0.574. The highest BCUT2D eigenvalue weighted by Crippen LogP contribution is 2.22. The van der Waals surface area contributed by atoms with Gasteiger partial charge < -0.3 is 19.9 Å². The van der Waals surface area contributed by atoms with E-state index in [1.165, 1.54) is 29.5 Å². The third-order valence-electron chi connectivity index (χ3n) is 4.15. The number of benzene rings is 1. The Labute approximate surface area is 150 Å². The lowest BCUT2D eigenvalue weighted by molar-refractivity contribution is -0.147. The van der Waals surface area contributed by atoms with Gasteiger partial charge >= 0.3 is 5.97 Å². The third-order valence-corrected chi connectivity index (χ3v) is 5.04. The van der Waals surface area contributed by atoms with Crippen molar-refractivity contribution in [3.05, 3.63) is 24.3 Å². The number of amides is 2. The molecule has 0 radical (unpaired) electrons. The van der Waals surface area contributed by atoms with Crippen LogP contribution in [-0.4, -0.2) is 60.6 Å². The highest BCUT2D eigenvalue weighted by molar-refractivity contribution is 8.13. The molecule has 0 unspecified atom stereocenters. The van der Waals surface area contributed by atoms with Gasteiger partial charge in [-0.05, 0) is 37.1 Å². The molecular formula is C17H21N3O4S. The minimum absolute atomic E-state index is 0.107. The van der Waals surface area contributed by atoms with Gasteiger partial charge in [0.15, 0.2) is 6.61 Å². The maximum absolute atomic E-state index is 11.9. The summed E-state index contributed by atoms with van der Waals surface area (Å²) in [4.78, 5) is 38.7. The molecule has 25 heavy (non-hydrogen) atoms. The second kappa shape index (κ2) is 8.24. The van der Waals surface area contributed by atoms with E-state index in [9.17, 15) is 14.4 Å². The number of anilines is 2. The quantitative estimate of drug-likeness (QED) is 0.778. The predicted molar refractivity (Wildman–Crippen MR) is 96.9 cm³/mol. The Kier molecular flexibility index (Phi) is 5.80. The van der Waals surface area contributed by atoms with E-state index in [1.807, 2.05) is 24.3 Å². The topological polar surface area (TPSA) is 79.0 Å². The molecular weight excluding hydrogens is 342 g/mol. The molecule has 0 aliphatic carbocycles. The van der Waals surface area contributed by atoms with Crippen molar-refractivity contribution in [2.75, 3.05) is 48.8 Å². The summed E-state index contributed by atoms with van der Waals surface area (Å²) >= 11 is 1.18. The van der Waals surface area contributed by atoms with Crippen molar-refractivity contribution >= 4 is 40.3 Å². The smallest absolute Gasteiger partial charge is 0.326 e. The number of nitrogens with zero attached hydrogens (tertiary/aromatic N) is 2. The SMILES string of the molecule is O=C(COC(=O)CN1CCSC1=O)Nc1ccc(N2CCCC2)cc1. The van der Waals surface area contributed by atoms with Gasteiger partial charge in [0, 0.05) is 36.8 Å². The molecule has 1 aromatic rings. The molecule has 0 bridgehead atoms. The van der Waals surface area contributed by atoms with E-state index in [4.69, 9.17) is 4.74 Å². The molecule has 2 aliphatic heterocycles. The fourth-order valence-corrected chi connectivity index (χ4v) is 3.67. The van der Waals surface area contributed by atoms with E-state index in [-0.39, 0.29) is 18.4 Å². The van der Waals surface area contributed by atoms with Crippen LogP contribution in [0.1, 0.15) is 12.8 Å². The van der Waals surface area contributed by atoms with E-state index in [0.717, 1.165) is 18.8 Å². The summed E-state index contributed by atoms with van der Waals surface area (Å²) in [5.41, 5.74) is 1.81. The van der Waals surface area contributed by atoms with Crippen molar-refractivity contribution in [2.45, 2.75) is 12.8 Å². The van der Waals surface area contributed by atoms with Crippen LogP contribution >= 0.6 is 11.8 Å². The van der Waals surface area contributed by atoms with Crippen LogP contribution in [0.2, 0.25) is 0 Å². The first-order chi connectivity index (χ1) is 12.1. The molecule has 0 saturated carbocycles. The van der Waals surface area contributed by atoms with Crippen LogP contribution < -0.4 is 10.2 Å². The number of carbonyl (C=O) groups excluding carboxylic acids is 3. The molecule has 2 fully saturated rings. The number of nitrogens with one attached hydrogen (secondary N) is 1. The van der Waals surface area contributed by atoms with E-state index >= 15 is 0 Å². The van der Waals surface area contributed by atoms with Crippen LogP contribution in [0.3, 0.4) is 0 Å². The Morgan fingerprint density at radius 1 is 1.12 bits per heavy atom. The number of hydrogen-bond donors (Lipinski definition) is 1. The molecule has 2 amide bonds. The van der Waals surface area contributed by atoms with Crippen LogP contribution in [-0.2, 0) is 14.3 Å². The number of esters is 1. The van der Waals surface area contributed by atoms with Crippen LogP contribution in [0, 0.1) is 0 Å². The molecule has 0 atom stereocenters. The van der Waals surface area contributed by atoms with E-state index in [1.54, 1.807) is 0 Å². The number of hydrogen-bond acceptors (Lipinski definition) is 6. The van der Waals surface area contributed by atoms with Gasteiger partial charge in [0.2, 0.25) is 0 Å². The van der Waals surface area contributed by atoms with E-state index in [2.05, 4.69) is 10.2 Å². The molecule has 7 nitrogen and oxygen atoms in total. The number of ether oxygens (including phenoxy) is 1. The van der Waals surface area contributed by atoms with Crippen molar-refractivity contribution in [1.82, 2.24) is 4.90 Å². The lowest BCUT2D eigenvalue weighted by Crippen LogP contribution is -2.32. The fourth-order valence-electron chi connectivity index (χ4n) is 2.84. The molecule has 2 saturated heterocycles. The van der Waals surface area contributed by atoms with Crippen LogP contribution in [0.15, 0.2) is 24.3 Å². The molecule has 2 heterocycles. The van der Waals surface area contributed by atoms with Crippen LogP contribution in [0.25, 0.3) is 0 Å². The molecule has 2 aliphatic rings. The zero-order valence-corrected chi connectivity index (χ0v) is 14.7. The Morgan fingerprint density at radius 2 is 1.84 bits per heavy atom. The molecule has 0 aromatic heterocycles. The third kappa shape index (κ3) is 4.88. The lowest BCUT2D eigenvalue weighted by Gasteiger charge is -2.17. The normalized spacial score (nSPS) is 17.0. The molecule has 3 rings (SSSR count). The first kappa shape index (κ1) is 17.6.